The fourth-order valence-corrected chi connectivity index (χ4v) is 3.46. The average molecular weight is 409 g/mol. The standard InChI is InChI=1S/C21H22O.2ClH.Ti/c1-13-14(2)16(4)20(15(13)3)19-12-8-11-18(21(19)22)17-9-6-5-7-10-17;;;/h5-12,20,22H,1-4H3;2*1H;/q;;;+2/p-2. The Balaban J connectivity index is 0.00000192. The minimum absolute atomic E-state index is 0. The van der Waals surface area contributed by atoms with Gasteiger partial charge in [0.2, 0.25) is 0 Å². The minimum Gasteiger partial charge on any atom is -1.00 e. The smallest absolute Gasteiger partial charge is 1.00 e. The number of aromatic hydroxyl groups is 1. The molecule has 0 heterocycles. The molecule has 0 aromatic heterocycles. The van der Waals surface area contributed by atoms with Crippen LogP contribution in [0.15, 0.2) is 70.8 Å². The van der Waals surface area contributed by atoms with E-state index in [1.54, 1.807) is 0 Å². The number of hydrogen-bond donors (Lipinski definition) is 1. The van der Waals surface area contributed by atoms with Crippen molar-refractivity contribution in [2.75, 3.05) is 0 Å². The summed E-state index contributed by atoms with van der Waals surface area (Å²) in [5.41, 5.74) is 8.36. The molecule has 2 aromatic rings. The molecule has 3 rings (SSSR count). The molecule has 1 aliphatic rings. The van der Waals surface area contributed by atoms with E-state index in [9.17, 15) is 5.11 Å². The molecule has 0 bridgehead atoms. The summed E-state index contributed by atoms with van der Waals surface area (Å²) in [6, 6.07) is 16.1. The van der Waals surface area contributed by atoms with Crippen molar-refractivity contribution >= 4 is 0 Å². The molecule has 25 heavy (non-hydrogen) atoms. The first kappa shape index (κ1) is 24.0. The van der Waals surface area contributed by atoms with Crippen molar-refractivity contribution in [1.82, 2.24) is 0 Å². The Kier molecular flexibility index (Phi) is 9.26. The largest absolute Gasteiger partial charge is 2.00 e. The summed E-state index contributed by atoms with van der Waals surface area (Å²) in [7, 11) is 0. The van der Waals surface area contributed by atoms with Crippen LogP contribution in [-0.4, -0.2) is 5.11 Å². The zero-order valence-electron chi connectivity index (χ0n) is 14.9. The van der Waals surface area contributed by atoms with Crippen LogP contribution in [0.25, 0.3) is 11.1 Å². The number of phenolic OH excluding ortho intramolecular Hbond substituents is 1. The van der Waals surface area contributed by atoms with Crippen LogP contribution < -0.4 is 24.8 Å². The summed E-state index contributed by atoms with van der Waals surface area (Å²) >= 11 is 0. The second kappa shape index (κ2) is 9.64. The van der Waals surface area contributed by atoms with E-state index in [1.807, 2.05) is 48.5 Å². The van der Waals surface area contributed by atoms with Crippen LogP contribution in [0.1, 0.15) is 39.2 Å². The topological polar surface area (TPSA) is 20.2 Å². The van der Waals surface area contributed by atoms with Gasteiger partial charge in [0.25, 0.3) is 0 Å². The molecule has 4 heteroatoms. The third kappa shape index (κ3) is 4.23. The Labute approximate surface area is 177 Å². The number of phenols is 1. The zero-order valence-corrected chi connectivity index (χ0v) is 18.0. The van der Waals surface area contributed by atoms with E-state index in [4.69, 9.17) is 0 Å². The quantitative estimate of drug-likeness (QED) is 0.684. The first-order valence-corrected chi connectivity index (χ1v) is 7.74. The number of benzene rings is 2. The molecule has 0 unspecified atom stereocenters. The van der Waals surface area contributed by atoms with Crippen molar-refractivity contribution in [2.45, 2.75) is 33.6 Å². The van der Waals surface area contributed by atoms with Gasteiger partial charge in [0, 0.05) is 17.0 Å². The number of hydrogen-bond acceptors (Lipinski definition) is 1. The van der Waals surface area contributed by atoms with Crippen molar-refractivity contribution in [1.29, 1.82) is 0 Å². The molecule has 0 amide bonds. The van der Waals surface area contributed by atoms with Gasteiger partial charge in [-0.3, -0.25) is 0 Å². The van der Waals surface area contributed by atoms with E-state index < -0.39 is 0 Å². The van der Waals surface area contributed by atoms with Crippen LogP contribution in [0.2, 0.25) is 0 Å². The van der Waals surface area contributed by atoms with Crippen molar-refractivity contribution in [2.24, 2.45) is 0 Å². The van der Waals surface area contributed by atoms with Gasteiger partial charge in [-0.15, -0.1) is 0 Å². The monoisotopic (exact) mass is 408 g/mol. The fourth-order valence-electron chi connectivity index (χ4n) is 3.46. The average Bonchev–Trinajstić information content (AvgIpc) is 2.73. The molecule has 0 aliphatic heterocycles. The van der Waals surface area contributed by atoms with E-state index in [0.29, 0.717) is 5.75 Å². The second-order valence-corrected chi connectivity index (χ2v) is 6.16. The summed E-state index contributed by atoms with van der Waals surface area (Å²) in [6.45, 7) is 8.70. The van der Waals surface area contributed by atoms with Gasteiger partial charge in [0.05, 0.1) is 0 Å². The van der Waals surface area contributed by atoms with E-state index in [1.165, 1.54) is 22.3 Å². The Hall–Kier alpha value is -0.986. The number of para-hydroxylation sites is 1. The molecule has 0 spiro atoms. The summed E-state index contributed by atoms with van der Waals surface area (Å²) in [6.07, 6.45) is 0. The predicted molar refractivity (Wildman–Crippen MR) is 93.0 cm³/mol. The third-order valence-electron chi connectivity index (χ3n) is 5.07. The van der Waals surface area contributed by atoms with Crippen molar-refractivity contribution in [3.05, 3.63) is 76.4 Å². The van der Waals surface area contributed by atoms with Crippen LogP contribution in [0.4, 0.5) is 0 Å². The number of allylic oxidation sites excluding steroid dienone is 4. The maximum atomic E-state index is 10.9. The Morgan fingerprint density at radius 2 is 1.24 bits per heavy atom. The van der Waals surface area contributed by atoms with E-state index >= 15 is 0 Å². The summed E-state index contributed by atoms with van der Waals surface area (Å²) < 4.78 is 0. The number of rotatable bonds is 2. The normalized spacial score (nSPS) is 13.9. The van der Waals surface area contributed by atoms with Gasteiger partial charge in [-0.25, -0.2) is 0 Å². The molecule has 0 fully saturated rings. The molecular formula is C21H22Cl2OTi. The van der Waals surface area contributed by atoms with Crippen molar-refractivity contribution in [3.63, 3.8) is 0 Å². The zero-order chi connectivity index (χ0) is 15.9. The van der Waals surface area contributed by atoms with Gasteiger partial charge in [0.1, 0.15) is 5.75 Å². The Morgan fingerprint density at radius 3 is 1.76 bits per heavy atom. The molecular weight excluding hydrogens is 387 g/mol. The van der Waals surface area contributed by atoms with Crippen LogP contribution in [0.3, 0.4) is 0 Å². The van der Waals surface area contributed by atoms with Gasteiger partial charge < -0.3 is 29.9 Å². The molecule has 0 saturated heterocycles. The summed E-state index contributed by atoms with van der Waals surface area (Å²) in [5.74, 6) is 0.601. The molecule has 0 saturated carbocycles. The van der Waals surface area contributed by atoms with E-state index in [0.717, 1.165) is 16.7 Å². The Bertz CT molecular complexity index is 771. The Morgan fingerprint density at radius 1 is 0.720 bits per heavy atom. The fraction of sp³-hybridized carbons (Fsp3) is 0.238. The van der Waals surface area contributed by atoms with Crippen LogP contribution >= 0.6 is 0 Å². The first-order chi connectivity index (χ1) is 10.5. The number of halogens is 2. The van der Waals surface area contributed by atoms with Crippen LogP contribution in [-0.2, 0) is 21.7 Å². The SMILES string of the molecule is CC1=C(C)C(c2cccc(-c3ccccc3)c2O)C(C)=C1C.[Cl-].[Cl-].[Ti+2]. The maximum absolute atomic E-state index is 10.9. The molecule has 1 N–H and O–H groups in total. The van der Waals surface area contributed by atoms with Gasteiger partial charge >= 0.3 is 21.7 Å². The van der Waals surface area contributed by atoms with E-state index in [-0.39, 0.29) is 52.4 Å². The van der Waals surface area contributed by atoms with Crippen LogP contribution in [0, 0.1) is 0 Å². The van der Waals surface area contributed by atoms with Gasteiger partial charge in [0.15, 0.2) is 0 Å². The molecule has 1 aliphatic carbocycles. The van der Waals surface area contributed by atoms with Crippen molar-refractivity contribution < 1.29 is 51.6 Å². The summed E-state index contributed by atoms with van der Waals surface area (Å²) in [4.78, 5) is 0. The van der Waals surface area contributed by atoms with Gasteiger partial charge in [-0.2, -0.15) is 0 Å². The van der Waals surface area contributed by atoms with E-state index in [2.05, 4.69) is 27.7 Å². The minimum atomic E-state index is 0. The van der Waals surface area contributed by atoms with Gasteiger partial charge in [-0.1, -0.05) is 59.7 Å². The third-order valence-corrected chi connectivity index (χ3v) is 5.07. The molecule has 2 aromatic carbocycles. The molecule has 0 atom stereocenters. The summed E-state index contributed by atoms with van der Waals surface area (Å²) in [5, 5.41) is 10.9. The molecule has 0 radical (unpaired) electrons. The second-order valence-electron chi connectivity index (χ2n) is 6.16. The molecule has 1 nitrogen and oxygen atoms in total. The predicted octanol–water partition coefficient (Wildman–Crippen LogP) is -0.165. The van der Waals surface area contributed by atoms with Crippen LogP contribution in [0.5, 0.6) is 5.75 Å². The maximum Gasteiger partial charge on any atom is 2.00 e. The van der Waals surface area contributed by atoms with Gasteiger partial charge in [-0.05, 0) is 44.4 Å². The first-order valence-electron chi connectivity index (χ1n) is 7.74. The molecule has 130 valence electrons. The van der Waals surface area contributed by atoms with Crippen molar-refractivity contribution in [3.8, 4) is 16.9 Å².